The zero-order valence-electron chi connectivity index (χ0n) is 38.1. The molecule has 0 radical (unpaired) electrons. The van der Waals surface area contributed by atoms with Crippen LogP contribution in [0.1, 0.15) is 33.6 Å². The van der Waals surface area contributed by atoms with Crippen molar-refractivity contribution in [3.63, 3.8) is 0 Å². The minimum Gasteiger partial charge on any atom is -0.460 e. The molecule has 1 aliphatic carbocycles. The van der Waals surface area contributed by atoms with Gasteiger partial charge in [-0.2, -0.15) is 4.31 Å². The molecule has 1 fully saturated rings. The Kier molecular flexibility index (Phi) is 13.9. The maximum atomic E-state index is 14.8. The summed E-state index contributed by atoms with van der Waals surface area (Å²) < 4.78 is 102. The van der Waals surface area contributed by atoms with Gasteiger partial charge >= 0.3 is 5.97 Å². The Bertz CT molecular complexity index is 3700. The predicted octanol–water partition coefficient (Wildman–Crippen LogP) is 8.64. The van der Waals surface area contributed by atoms with Crippen LogP contribution in [0.5, 0.6) is 0 Å². The van der Waals surface area contributed by atoms with Crippen LogP contribution < -0.4 is 19.7 Å². The van der Waals surface area contributed by atoms with E-state index < -0.39 is 49.2 Å². The Morgan fingerprint density at radius 3 is 1.99 bits per heavy atom. The zero-order valence-corrected chi connectivity index (χ0v) is 42.9. The van der Waals surface area contributed by atoms with Gasteiger partial charge in [-0.25, -0.2) is 54.3 Å². The Hall–Kier alpha value is -6.60. The van der Waals surface area contributed by atoms with Gasteiger partial charge in [-0.05, 0) is 110 Å². The lowest BCUT2D eigenvalue weighted by Crippen LogP contribution is -2.40. The number of carbonyl (C=O) groups excluding carboxylic acids is 1. The number of halogens is 1. The molecule has 370 valence electrons. The quantitative estimate of drug-likeness (QED) is 0.0769. The number of nitrogens with one attached hydrogen (secondary N) is 3. The molecule has 3 N–H and O–H groups in total. The van der Waals surface area contributed by atoms with Gasteiger partial charge in [-0.15, -0.1) is 11.3 Å². The predicted molar refractivity (Wildman–Crippen MR) is 279 cm³/mol. The first-order valence-electron chi connectivity index (χ1n) is 22.7. The number of fused-ring (bicyclic) bond motifs is 3. The summed E-state index contributed by atoms with van der Waals surface area (Å²) in [6.45, 7) is 0.0455. The molecule has 18 nitrogen and oxygen atoms in total. The summed E-state index contributed by atoms with van der Waals surface area (Å²) in [5.74, 6) is -0.960. The van der Waals surface area contributed by atoms with E-state index in [-0.39, 0.29) is 69.8 Å². The van der Waals surface area contributed by atoms with Crippen molar-refractivity contribution in [3.8, 4) is 0 Å². The third-order valence-corrected chi connectivity index (χ3v) is 18.7. The van der Waals surface area contributed by atoms with Crippen LogP contribution in [-0.2, 0) is 52.4 Å². The number of morpholine rings is 1. The molecule has 1 saturated heterocycles. The molecule has 4 heterocycles. The number of para-hydroxylation sites is 4. The van der Waals surface area contributed by atoms with Crippen molar-refractivity contribution in [2.75, 3.05) is 59.1 Å². The molecule has 0 atom stereocenters. The number of ether oxygens (including phenoxy) is 2. The van der Waals surface area contributed by atoms with Crippen LogP contribution in [0.25, 0.3) is 22.1 Å². The highest BCUT2D eigenvalue weighted by Crippen LogP contribution is 2.41. The lowest BCUT2D eigenvalue weighted by atomic mass is 9.95. The third kappa shape index (κ3) is 10.2. The molecule has 0 spiro atoms. The molecule has 2 aliphatic rings. The highest BCUT2D eigenvalue weighted by atomic mass is 79.9. The number of nitrogens with zero attached hydrogens (tertiary/aromatic N) is 6. The van der Waals surface area contributed by atoms with E-state index in [1.807, 2.05) is 0 Å². The number of benzene rings is 5. The average Bonchev–Trinajstić information content (AvgIpc) is 3.76. The molecule has 1 aliphatic heterocycles. The van der Waals surface area contributed by atoms with Gasteiger partial charge in [-0.3, -0.25) is 4.72 Å². The molecule has 23 heteroatoms. The average molecular weight is 1110 g/mol. The fourth-order valence-corrected chi connectivity index (χ4v) is 13.8. The van der Waals surface area contributed by atoms with E-state index in [9.17, 15) is 30.0 Å². The van der Waals surface area contributed by atoms with Crippen molar-refractivity contribution in [2.24, 2.45) is 0 Å². The molecular formula is C49H44BrN9O9S4. The first-order chi connectivity index (χ1) is 34.7. The fourth-order valence-electron chi connectivity index (χ4n) is 8.34. The first kappa shape index (κ1) is 49.0. The van der Waals surface area contributed by atoms with Gasteiger partial charge in [0.25, 0.3) is 20.0 Å². The highest BCUT2D eigenvalue weighted by Gasteiger charge is 2.33. The Morgan fingerprint density at radius 1 is 0.681 bits per heavy atom. The van der Waals surface area contributed by atoms with Gasteiger partial charge in [0, 0.05) is 28.1 Å². The monoisotopic (exact) mass is 1110 g/mol. The standard InChI is InChI=1S/C49H44BrN9O9S4/c50-32-21-23-34(24-22-32)70(61,62)57-45-44(52-38-16-5-6-17-39(38)53-45)56-48-43(37-15-4-9-20-42(37)69-48)49(60)68-30-27-59(72(65,66)35-12-2-1-3-13-35)47-46(54-40-18-7-8-19-41(40)55-47)51-33-11-10-14-36(31-33)71(63,64)58-25-28-67-29-26-58/h1-3,5-8,10-14,16-19,21-24,31H,4,9,15,20,25-30H2,(H,51,54)(H,52,56)(H,53,57). The van der Waals surface area contributed by atoms with E-state index in [1.54, 1.807) is 91.0 Å². The third-order valence-electron chi connectivity index (χ3n) is 11.9. The van der Waals surface area contributed by atoms with Crippen LogP contribution >= 0.6 is 27.3 Å². The van der Waals surface area contributed by atoms with Gasteiger partial charge in [0.05, 0.1) is 62.1 Å². The lowest BCUT2D eigenvalue weighted by Gasteiger charge is -2.26. The van der Waals surface area contributed by atoms with Crippen molar-refractivity contribution in [1.82, 2.24) is 24.2 Å². The Morgan fingerprint density at radius 2 is 1.29 bits per heavy atom. The first-order valence-corrected chi connectivity index (χ1v) is 28.7. The van der Waals surface area contributed by atoms with Crippen LogP contribution in [0.2, 0.25) is 0 Å². The van der Waals surface area contributed by atoms with E-state index in [0.717, 1.165) is 27.6 Å². The summed E-state index contributed by atoms with van der Waals surface area (Å²) in [5, 5.41) is 6.74. The summed E-state index contributed by atoms with van der Waals surface area (Å²) in [6.07, 6.45) is 2.95. The van der Waals surface area contributed by atoms with E-state index in [4.69, 9.17) is 24.4 Å². The Balaban J connectivity index is 0.985. The maximum absolute atomic E-state index is 14.8. The van der Waals surface area contributed by atoms with Crippen molar-refractivity contribution in [2.45, 2.75) is 40.4 Å². The molecule has 3 aromatic heterocycles. The number of anilines is 6. The molecule has 0 amide bonds. The van der Waals surface area contributed by atoms with Crippen LogP contribution in [0, 0.1) is 0 Å². The van der Waals surface area contributed by atoms with Gasteiger partial charge in [-0.1, -0.05) is 64.5 Å². The molecule has 0 saturated carbocycles. The summed E-state index contributed by atoms with van der Waals surface area (Å²) in [7, 11) is -12.5. The summed E-state index contributed by atoms with van der Waals surface area (Å²) in [6, 6.07) is 33.9. The number of sulfonamides is 3. The molecule has 5 aromatic carbocycles. The molecule has 8 aromatic rings. The van der Waals surface area contributed by atoms with Gasteiger partial charge in [0.15, 0.2) is 23.3 Å². The second-order valence-corrected chi connectivity index (χ2v) is 24.1. The molecule has 0 bridgehead atoms. The Labute approximate surface area is 427 Å². The van der Waals surface area contributed by atoms with E-state index in [2.05, 4.69) is 36.3 Å². The summed E-state index contributed by atoms with van der Waals surface area (Å²) in [5.41, 5.74) is 2.95. The van der Waals surface area contributed by atoms with Crippen LogP contribution in [0.4, 0.5) is 34.0 Å². The molecule has 10 rings (SSSR count). The number of thiophene rings is 1. The normalized spacial score (nSPS) is 14.4. The topological polar surface area (TPSA) is 232 Å². The number of hydrogen-bond donors (Lipinski definition) is 3. The smallest absolute Gasteiger partial charge is 0.341 e. The molecular weight excluding hydrogens is 1070 g/mol. The lowest BCUT2D eigenvalue weighted by molar-refractivity contribution is 0.0517. The summed E-state index contributed by atoms with van der Waals surface area (Å²) in [4.78, 5) is 34.5. The summed E-state index contributed by atoms with van der Waals surface area (Å²) >= 11 is 4.67. The fraction of sp³-hybridized carbons (Fsp3) is 0.204. The SMILES string of the molecule is O=C(OCCN(c1nc2ccccc2nc1Nc1cccc(S(=O)(=O)N2CCOCC2)c1)S(=O)(=O)c1ccccc1)c1c(Nc2nc3ccccc3nc2NS(=O)(=O)c2ccc(Br)cc2)sc2c1CCCC2. The maximum Gasteiger partial charge on any atom is 0.341 e. The number of rotatable bonds is 16. The molecule has 0 unspecified atom stereocenters. The minimum absolute atomic E-state index is 0.00695. The van der Waals surface area contributed by atoms with Crippen LogP contribution in [0.15, 0.2) is 147 Å². The van der Waals surface area contributed by atoms with Gasteiger partial charge in [0.1, 0.15) is 11.6 Å². The van der Waals surface area contributed by atoms with Gasteiger partial charge < -0.3 is 20.1 Å². The highest BCUT2D eigenvalue weighted by molar-refractivity contribution is 9.10. The minimum atomic E-state index is -4.46. The van der Waals surface area contributed by atoms with E-state index >= 15 is 0 Å². The largest absolute Gasteiger partial charge is 0.460 e. The number of esters is 1. The van der Waals surface area contributed by atoms with Crippen molar-refractivity contribution < 1.29 is 39.5 Å². The number of hydrogen-bond acceptors (Lipinski definition) is 16. The van der Waals surface area contributed by atoms with Crippen molar-refractivity contribution in [3.05, 3.63) is 148 Å². The second kappa shape index (κ2) is 20.5. The van der Waals surface area contributed by atoms with Crippen molar-refractivity contribution in [1.29, 1.82) is 0 Å². The van der Waals surface area contributed by atoms with Crippen LogP contribution in [-0.4, -0.2) is 94.9 Å². The number of carbonyl (C=O) groups is 1. The molecule has 72 heavy (non-hydrogen) atoms. The van der Waals surface area contributed by atoms with Gasteiger partial charge in [0.2, 0.25) is 10.0 Å². The van der Waals surface area contributed by atoms with E-state index in [0.29, 0.717) is 50.1 Å². The zero-order chi connectivity index (χ0) is 50.0. The number of aromatic nitrogens is 4. The van der Waals surface area contributed by atoms with E-state index in [1.165, 1.54) is 52.0 Å². The van der Waals surface area contributed by atoms with Crippen LogP contribution in [0.3, 0.4) is 0 Å². The van der Waals surface area contributed by atoms with Crippen molar-refractivity contribution >= 4 is 119 Å². The number of aryl methyl sites for hydroxylation is 1. The second-order valence-electron chi connectivity index (χ2n) is 16.6.